The summed E-state index contributed by atoms with van der Waals surface area (Å²) in [5, 5.41) is 11.6. The van der Waals surface area contributed by atoms with Gasteiger partial charge in [0.2, 0.25) is 0 Å². The third-order valence-corrected chi connectivity index (χ3v) is 3.49. The summed E-state index contributed by atoms with van der Waals surface area (Å²) in [5.74, 6) is -6.97. The van der Waals surface area contributed by atoms with Gasteiger partial charge in [-0.1, -0.05) is 0 Å². The summed E-state index contributed by atoms with van der Waals surface area (Å²) in [6.45, 7) is -1.01. The van der Waals surface area contributed by atoms with Gasteiger partial charge in [-0.2, -0.15) is 27.1 Å². The van der Waals surface area contributed by atoms with E-state index in [-0.39, 0.29) is 11.1 Å². The first-order chi connectivity index (χ1) is 8.64. The number of aromatic nitrogens is 2. The zero-order valence-electron chi connectivity index (χ0n) is 9.21. The predicted molar refractivity (Wildman–Crippen MR) is 49.6 cm³/mol. The van der Waals surface area contributed by atoms with Gasteiger partial charge in [0.15, 0.2) is 5.69 Å². The van der Waals surface area contributed by atoms with Gasteiger partial charge in [-0.15, -0.1) is 0 Å². The van der Waals surface area contributed by atoms with Crippen LogP contribution in [0.15, 0.2) is 0 Å². The molecule has 1 fully saturated rings. The fraction of sp³-hybridized carbons (Fsp3) is 0.600. The Kier molecular flexibility index (Phi) is 2.12. The molecule has 9 heteroatoms. The first kappa shape index (κ1) is 12.4. The number of aliphatic carboxylic acids is 1. The second-order valence-corrected chi connectivity index (χ2v) is 4.73. The third kappa shape index (κ3) is 1.56. The summed E-state index contributed by atoms with van der Waals surface area (Å²) in [4.78, 5) is 10.5. The number of hydrogen-bond donors (Lipinski definition) is 1. The van der Waals surface area contributed by atoms with Crippen molar-refractivity contribution in [3.05, 3.63) is 17.0 Å². The molecule has 0 aliphatic heterocycles. The molecule has 0 aromatic carbocycles. The molecule has 0 unspecified atom stereocenters. The standard InChI is InChI=1S/C10H7F5N2O2/c11-9(12)4-1-3(4)6-7(10(13,14)15)16-17(8(6)9)2-5(18)19/h3-4H,1-2H2,(H,18,19)/t3-,4+/m1/s1. The average molecular weight is 282 g/mol. The number of carbonyl (C=O) groups is 1. The van der Waals surface area contributed by atoms with E-state index >= 15 is 0 Å². The lowest BCUT2D eigenvalue weighted by Gasteiger charge is -2.14. The molecule has 1 saturated carbocycles. The number of carboxylic acid groups (broad SMARTS) is 1. The summed E-state index contributed by atoms with van der Waals surface area (Å²) in [7, 11) is 0. The smallest absolute Gasteiger partial charge is 0.435 e. The van der Waals surface area contributed by atoms with Gasteiger partial charge >= 0.3 is 12.1 Å². The SMILES string of the molecule is O=C(O)Cn1nc(C(F)(F)F)c2c1C(F)(F)[C@H]1C[C@@H]21. The van der Waals surface area contributed by atoms with E-state index in [1.807, 2.05) is 0 Å². The monoisotopic (exact) mass is 282 g/mol. The van der Waals surface area contributed by atoms with Crippen LogP contribution < -0.4 is 0 Å². The van der Waals surface area contributed by atoms with E-state index in [9.17, 15) is 26.7 Å². The van der Waals surface area contributed by atoms with Crippen LogP contribution in [0, 0.1) is 5.92 Å². The van der Waals surface area contributed by atoms with Gasteiger partial charge in [-0.3, -0.25) is 9.48 Å². The van der Waals surface area contributed by atoms with Crippen molar-refractivity contribution in [2.45, 2.75) is 31.0 Å². The molecule has 2 aliphatic rings. The van der Waals surface area contributed by atoms with Crippen LogP contribution in [-0.4, -0.2) is 20.9 Å². The molecule has 0 saturated heterocycles. The Morgan fingerprint density at radius 3 is 2.63 bits per heavy atom. The Balaban J connectivity index is 2.19. The lowest BCUT2D eigenvalue weighted by atomic mass is 10.1. The van der Waals surface area contributed by atoms with E-state index in [2.05, 4.69) is 5.10 Å². The number of carboxylic acids is 1. The molecule has 104 valence electrons. The Labute approximate surface area is 102 Å². The van der Waals surface area contributed by atoms with Gasteiger partial charge in [0.1, 0.15) is 12.2 Å². The van der Waals surface area contributed by atoms with E-state index in [0.717, 1.165) is 0 Å². The molecule has 2 atom stereocenters. The van der Waals surface area contributed by atoms with Gasteiger partial charge in [-0.05, 0) is 12.3 Å². The molecule has 0 spiro atoms. The fourth-order valence-electron chi connectivity index (χ4n) is 2.72. The highest BCUT2D eigenvalue weighted by Gasteiger charge is 2.68. The van der Waals surface area contributed by atoms with Gasteiger partial charge in [0.25, 0.3) is 5.92 Å². The maximum Gasteiger partial charge on any atom is 0.435 e. The Morgan fingerprint density at radius 2 is 2.11 bits per heavy atom. The van der Waals surface area contributed by atoms with Gasteiger partial charge in [0.05, 0.1) is 0 Å². The number of nitrogens with zero attached hydrogens (tertiary/aromatic N) is 2. The Bertz CT molecular complexity index is 577. The zero-order chi connectivity index (χ0) is 14.2. The molecule has 1 aromatic heterocycles. The van der Waals surface area contributed by atoms with Crippen LogP contribution >= 0.6 is 0 Å². The first-order valence-corrected chi connectivity index (χ1v) is 5.42. The van der Waals surface area contributed by atoms with E-state index in [0.29, 0.717) is 0 Å². The molecule has 0 bridgehead atoms. The van der Waals surface area contributed by atoms with E-state index < -0.39 is 53.4 Å². The van der Waals surface area contributed by atoms with E-state index in [1.54, 1.807) is 0 Å². The molecular formula is C10H7F5N2O2. The van der Waals surface area contributed by atoms with Crippen molar-refractivity contribution in [1.29, 1.82) is 0 Å². The topological polar surface area (TPSA) is 55.1 Å². The van der Waals surface area contributed by atoms with Crippen molar-refractivity contribution in [3.63, 3.8) is 0 Å². The highest BCUT2D eigenvalue weighted by molar-refractivity contribution is 5.67. The lowest BCUT2D eigenvalue weighted by Crippen LogP contribution is -2.22. The van der Waals surface area contributed by atoms with Crippen LogP contribution in [0.2, 0.25) is 0 Å². The summed E-state index contributed by atoms with van der Waals surface area (Å²) in [5.41, 5.74) is -2.79. The quantitative estimate of drug-likeness (QED) is 0.846. The lowest BCUT2D eigenvalue weighted by molar-refractivity contribution is -0.143. The molecule has 3 rings (SSSR count). The number of alkyl halides is 5. The highest BCUT2D eigenvalue weighted by Crippen LogP contribution is 2.68. The maximum absolute atomic E-state index is 13.9. The van der Waals surface area contributed by atoms with Crippen molar-refractivity contribution in [2.24, 2.45) is 5.92 Å². The van der Waals surface area contributed by atoms with Crippen LogP contribution in [0.25, 0.3) is 0 Å². The molecule has 1 aromatic rings. The van der Waals surface area contributed by atoms with Gasteiger partial charge < -0.3 is 5.11 Å². The second-order valence-electron chi connectivity index (χ2n) is 4.73. The molecule has 0 radical (unpaired) electrons. The normalized spacial score (nSPS) is 27.0. The highest BCUT2D eigenvalue weighted by atomic mass is 19.4. The van der Waals surface area contributed by atoms with Crippen LogP contribution in [0.5, 0.6) is 0 Å². The van der Waals surface area contributed by atoms with Crippen LogP contribution in [0.1, 0.15) is 29.3 Å². The predicted octanol–water partition coefficient (Wildman–Crippen LogP) is 2.20. The molecule has 1 heterocycles. The van der Waals surface area contributed by atoms with Crippen LogP contribution in [0.4, 0.5) is 22.0 Å². The Morgan fingerprint density at radius 1 is 1.47 bits per heavy atom. The summed E-state index contributed by atoms with van der Waals surface area (Å²) < 4.78 is 66.3. The molecular weight excluding hydrogens is 275 g/mol. The second kappa shape index (κ2) is 3.26. The van der Waals surface area contributed by atoms with Gasteiger partial charge in [0, 0.05) is 11.5 Å². The minimum Gasteiger partial charge on any atom is -0.480 e. The molecule has 2 aliphatic carbocycles. The first-order valence-electron chi connectivity index (χ1n) is 5.42. The summed E-state index contributed by atoms with van der Waals surface area (Å²) in [6, 6.07) is 0. The van der Waals surface area contributed by atoms with E-state index in [4.69, 9.17) is 5.11 Å². The molecule has 4 nitrogen and oxygen atoms in total. The van der Waals surface area contributed by atoms with Crippen LogP contribution in [0.3, 0.4) is 0 Å². The van der Waals surface area contributed by atoms with Crippen molar-refractivity contribution in [2.75, 3.05) is 0 Å². The minimum atomic E-state index is -4.86. The van der Waals surface area contributed by atoms with Crippen molar-refractivity contribution in [3.8, 4) is 0 Å². The number of rotatable bonds is 2. The van der Waals surface area contributed by atoms with Crippen molar-refractivity contribution in [1.82, 2.24) is 9.78 Å². The van der Waals surface area contributed by atoms with Crippen molar-refractivity contribution < 1.29 is 31.9 Å². The summed E-state index contributed by atoms with van der Waals surface area (Å²) >= 11 is 0. The van der Waals surface area contributed by atoms with Gasteiger partial charge in [-0.25, -0.2) is 0 Å². The minimum absolute atomic E-state index is 0.0121. The molecule has 0 amide bonds. The molecule has 1 N–H and O–H groups in total. The third-order valence-electron chi connectivity index (χ3n) is 3.49. The maximum atomic E-state index is 13.9. The molecule has 19 heavy (non-hydrogen) atoms. The average Bonchev–Trinajstić information content (AvgIpc) is 2.87. The van der Waals surface area contributed by atoms with Crippen LogP contribution in [-0.2, 0) is 23.4 Å². The fourth-order valence-corrected chi connectivity index (χ4v) is 2.72. The number of fused-ring (bicyclic) bond motifs is 3. The summed E-state index contributed by atoms with van der Waals surface area (Å²) in [6.07, 6.45) is -4.87. The zero-order valence-corrected chi connectivity index (χ0v) is 9.21. The number of hydrogen-bond acceptors (Lipinski definition) is 2. The largest absolute Gasteiger partial charge is 0.480 e. The Hall–Kier alpha value is -1.67. The van der Waals surface area contributed by atoms with Crippen molar-refractivity contribution >= 4 is 5.97 Å². The number of halogens is 5. The van der Waals surface area contributed by atoms with E-state index in [1.165, 1.54) is 0 Å².